The van der Waals surface area contributed by atoms with E-state index in [0.29, 0.717) is 6.42 Å². The van der Waals surface area contributed by atoms with Crippen LogP contribution in [0.3, 0.4) is 0 Å². The molecule has 55 valence electrons. The second-order valence-corrected chi connectivity index (χ2v) is 2.71. The molecular formula is C5H11KNO2S. The van der Waals surface area contributed by atoms with Crippen LogP contribution in [0, 0.1) is 0 Å². The van der Waals surface area contributed by atoms with Crippen molar-refractivity contribution in [2.75, 3.05) is 12.0 Å². The minimum absolute atomic E-state index is 0. The van der Waals surface area contributed by atoms with E-state index in [-0.39, 0.29) is 51.4 Å². The van der Waals surface area contributed by atoms with Gasteiger partial charge in [0.25, 0.3) is 0 Å². The van der Waals surface area contributed by atoms with Gasteiger partial charge in [-0.1, -0.05) is 0 Å². The molecule has 10 heavy (non-hydrogen) atoms. The first-order valence-electron chi connectivity index (χ1n) is 2.65. The molecule has 0 unspecified atom stereocenters. The van der Waals surface area contributed by atoms with E-state index in [2.05, 4.69) is 0 Å². The zero-order chi connectivity index (χ0) is 7.28. The minimum Gasteiger partial charge on any atom is -0.480 e. The topological polar surface area (TPSA) is 63.3 Å². The van der Waals surface area contributed by atoms with Crippen LogP contribution in [0.15, 0.2) is 0 Å². The van der Waals surface area contributed by atoms with Gasteiger partial charge in [-0.05, 0) is 18.4 Å². The van der Waals surface area contributed by atoms with Gasteiger partial charge < -0.3 is 10.8 Å². The van der Waals surface area contributed by atoms with Gasteiger partial charge in [0, 0.05) is 51.4 Å². The van der Waals surface area contributed by atoms with Crippen LogP contribution >= 0.6 is 11.8 Å². The number of nitrogens with two attached hydrogens (primary N) is 1. The maximum atomic E-state index is 10.1. The Morgan fingerprint density at radius 2 is 2.30 bits per heavy atom. The Balaban J connectivity index is 0. The van der Waals surface area contributed by atoms with E-state index in [1.54, 1.807) is 11.8 Å². The van der Waals surface area contributed by atoms with E-state index in [1.807, 2.05) is 6.26 Å². The van der Waals surface area contributed by atoms with Crippen LogP contribution in [0.2, 0.25) is 0 Å². The average molecular weight is 188 g/mol. The van der Waals surface area contributed by atoms with Crippen LogP contribution in [0.25, 0.3) is 0 Å². The Morgan fingerprint density at radius 1 is 1.80 bits per heavy atom. The molecular weight excluding hydrogens is 177 g/mol. The summed E-state index contributed by atoms with van der Waals surface area (Å²) in [5.41, 5.74) is 5.19. The summed E-state index contributed by atoms with van der Waals surface area (Å²) in [5.74, 6) is -0.1000. The molecule has 3 nitrogen and oxygen atoms in total. The molecule has 0 rings (SSSR count). The molecule has 0 fully saturated rings. The monoisotopic (exact) mass is 188 g/mol. The molecule has 0 heterocycles. The van der Waals surface area contributed by atoms with E-state index < -0.39 is 12.0 Å². The molecule has 0 aliphatic rings. The summed E-state index contributed by atoms with van der Waals surface area (Å²) in [4.78, 5) is 10.1. The largest absolute Gasteiger partial charge is 0.480 e. The van der Waals surface area contributed by atoms with Gasteiger partial charge in [-0.3, -0.25) is 4.79 Å². The van der Waals surface area contributed by atoms with E-state index in [9.17, 15) is 4.79 Å². The van der Waals surface area contributed by atoms with Crippen LogP contribution in [0.4, 0.5) is 0 Å². The zero-order valence-corrected chi connectivity index (χ0v) is 10.3. The van der Waals surface area contributed by atoms with Gasteiger partial charge in [0.2, 0.25) is 0 Å². The van der Waals surface area contributed by atoms with Crippen molar-refractivity contribution in [2.45, 2.75) is 12.5 Å². The Kier molecular flexibility index (Phi) is 11.9. The number of carboxylic acids is 1. The SMILES string of the molecule is CSCC[C@H](N)C(=O)O.[K]. The third-order valence-corrected chi connectivity index (χ3v) is 1.59. The van der Waals surface area contributed by atoms with Crippen molar-refractivity contribution in [1.29, 1.82) is 0 Å². The molecule has 0 aromatic carbocycles. The molecule has 0 aliphatic heterocycles. The predicted octanol–water partition coefficient (Wildman–Crippen LogP) is -0.229. The maximum absolute atomic E-state index is 10.1. The summed E-state index contributed by atoms with van der Waals surface area (Å²) < 4.78 is 0. The van der Waals surface area contributed by atoms with Gasteiger partial charge in [0.15, 0.2) is 0 Å². The first-order valence-corrected chi connectivity index (χ1v) is 4.05. The van der Waals surface area contributed by atoms with Crippen LogP contribution in [-0.2, 0) is 4.79 Å². The first kappa shape index (κ1) is 14.0. The van der Waals surface area contributed by atoms with Crippen molar-refractivity contribution in [3.05, 3.63) is 0 Å². The van der Waals surface area contributed by atoms with E-state index in [4.69, 9.17) is 10.8 Å². The average Bonchev–Trinajstić information content (AvgIpc) is 1.82. The summed E-state index contributed by atoms with van der Waals surface area (Å²) in [6.07, 6.45) is 2.48. The fourth-order valence-corrected chi connectivity index (χ4v) is 0.858. The van der Waals surface area contributed by atoms with Crippen molar-refractivity contribution in [1.82, 2.24) is 0 Å². The van der Waals surface area contributed by atoms with Gasteiger partial charge in [0.1, 0.15) is 6.04 Å². The molecule has 0 saturated heterocycles. The molecule has 0 aromatic heterocycles. The Hall–Kier alpha value is 1.42. The molecule has 0 aliphatic carbocycles. The maximum Gasteiger partial charge on any atom is 0.320 e. The Labute approximate surface area is 108 Å². The minimum atomic E-state index is -0.913. The summed E-state index contributed by atoms with van der Waals surface area (Å²) in [6, 6.07) is -0.683. The molecule has 0 saturated carbocycles. The van der Waals surface area contributed by atoms with Crippen molar-refractivity contribution >= 4 is 69.1 Å². The number of rotatable bonds is 4. The molecule has 0 bridgehead atoms. The normalized spacial score (nSPS) is 11.8. The van der Waals surface area contributed by atoms with Gasteiger partial charge in [-0.15, -0.1) is 0 Å². The van der Waals surface area contributed by atoms with Crippen molar-refractivity contribution in [3.63, 3.8) is 0 Å². The fourth-order valence-electron chi connectivity index (χ4n) is 0.368. The number of hydrogen-bond donors (Lipinski definition) is 2. The molecule has 0 aromatic rings. The molecule has 1 radical (unpaired) electrons. The van der Waals surface area contributed by atoms with Crippen molar-refractivity contribution in [3.8, 4) is 0 Å². The molecule has 1 atom stereocenters. The van der Waals surface area contributed by atoms with Gasteiger partial charge in [0.05, 0.1) is 0 Å². The number of hydrogen-bond acceptors (Lipinski definition) is 3. The first-order chi connectivity index (χ1) is 4.18. The molecule has 0 spiro atoms. The summed E-state index contributed by atoms with van der Waals surface area (Å²) in [6.45, 7) is 0. The summed E-state index contributed by atoms with van der Waals surface area (Å²) in [7, 11) is 0. The van der Waals surface area contributed by atoms with Crippen LogP contribution in [-0.4, -0.2) is 80.5 Å². The number of aliphatic carboxylic acids is 1. The van der Waals surface area contributed by atoms with Crippen LogP contribution < -0.4 is 5.73 Å². The quantitative estimate of drug-likeness (QED) is 0.598. The standard InChI is InChI=1S/C5H11NO2S.K/c1-9-3-2-4(6)5(7)8;/h4H,2-3,6H2,1H3,(H,7,8);/t4-;/m0./s1. The van der Waals surface area contributed by atoms with E-state index >= 15 is 0 Å². The second kappa shape index (κ2) is 8.51. The Bertz CT molecular complexity index is 102. The third kappa shape index (κ3) is 7.52. The summed E-state index contributed by atoms with van der Waals surface area (Å²) >= 11 is 1.60. The second-order valence-electron chi connectivity index (χ2n) is 1.73. The van der Waals surface area contributed by atoms with Gasteiger partial charge in [-0.2, -0.15) is 11.8 Å². The predicted molar refractivity (Wildman–Crippen MR) is 44.4 cm³/mol. The fraction of sp³-hybridized carbons (Fsp3) is 0.800. The van der Waals surface area contributed by atoms with Crippen LogP contribution in [0.5, 0.6) is 0 Å². The Morgan fingerprint density at radius 3 is 2.60 bits per heavy atom. The van der Waals surface area contributed by atoms with E-state index in [1.165, 1.54) is 0 Å². The van der Waals surface area contributed by atoms with Gasteiger partial charge >= 0.3 is 5.97 Å². The van der Waals surface area contributed by atoms with E-state index in [0.717, 1.165) is 5.75 Å². The number of carbonyl (C=O) groups is 1. The van der Waals surface area contributed by atoms with Crippen molar-refractivity contribution < 1.29 is 9.90 Å². The van der Waals surface area contributed by atoms with Gasteiger partial charge in [-0.25, -0.2) is 0 Å². The number of carboxylic acid groups (broad SMARTS) is 1. The van der Waals surface area contributed by atoms with Crippen molar-refractivity contribution in [2.24, 2.45) is 5.73 Å². The van der Waals surface area contributed by atoms with Crippen LogP contribution in [0.1, 0.15) is 6.42 Å². The molecule has 3 N–H and O–H groups in total. The smallest absolute Gasteiger partial charge is 0.320 e. The zero-order valence-electron chi connectivity index (χ0n) is 6.33. The molecule has 5 heteroatoms. The number of thioether (sulfide) groups is 1. The summed E-state index contributed by atoms with van der Waals surface area (Å²) in [5, 5.41) is 8.27. The molecule has 0 amide bonds. The third-order valence-electron chi connectivity index (χ3n) is 0.950.